The molecule has 3 aromatic carbocycles. The molecule has 1 aliphatic heterocycles. The minimum atomic E-state index is -0.671. The van der Waals surface area contributed by atoms with Crippen LogP contribution in [0.4, 0.5) is 5.69 Å². The van der Waals surface area contributed by atoms with Crippen molar-refractivity contribution >= 4 is 57.4 Å². The molecule has 6 nitrogen and oxygen atoms in total. The minimum absolute atomic E-state index is 0.0112. The number of hydrogen-bond donors (Lipinski definition) is 1. The van der Waals surface area contributed by atoms with Crippen LogP contribution in [0.3, 0.4) is 0 Å². The van der Waals surface area contributed by atoms with Gasteiger partial charge in [-0.05, 0) is 55.8 Å². The number of nitrogens with zero attached hydrogens (tertiary/aromatic N) is 2. The summed E-state index contributed by atoms with van der Waals surface area (Å²) in [6.45, 7) is 6.34. The van der Waals surface area contributed by atoms with E-state index in [2.05, 4.69) is 5.32 Å². The van der Waals surface area contributed by atoms with Crippen molar-refractivity contribution < 1.29 is 14.4 Å². The molecule has 1 N–H and O–H groups in total. The highest BCUT2D eigenvalue weighted by atomic mass is 35.5. The van der Waals surface area contributed by atoms with E-state index in [1.165, 1.54) is 0 Å². The van der Waals surface area contributed by atoms with Gasteiger partial charge in [0.25, 0.3) is 5.91 Å². The van der Waals surface area contributed by atoms with Crippen LogP contribution in [0, 0.1) is 0 Å². The molecule has 0 spiro atoms. The highest BCUT2D eigenvalue weighted by Crippen LogP contribution is 2.37. The Balaban J connectivity index is 1.52. The van der Waals surface area contributed by atoms with Gasteiger partial charge in [-0.15, -0.1) is 0 Å². The van der Waals surface area contributed by atoms with Gasteiger partial charge in [-0.2, -0.15) is 0 Å². The van der Waals surface area contributed by atoms with Crippen LogP contribution in [0.5, 0.6) is 0 Å². The summed E-state index contributed by atoms with van der Waals surface area (Å²) in [6.07, 6.45) is 1.85. The van der Waals surface area contributed by atoms with Crippen molar-refractivity contribution in [2.75, 3.05) is 11.4 Å². The molecule has 4 rings (SSSR count). The van der Waals surface area contributed by atoms with Gasteiger partial charge in [0.15, 0.2) is 0 Å². The van der Waals surface area contributed by atoms with E-state index in [1.54, 1.807) is 28.0 Å². The summed E-state index contributed by atoms with van der Waals surface area (Å²) in [6, 6.07) is 16.1. The lowest BCUT2D eigenvalue weighted by Gasteiger charge is -2.32. The third kappa shape index (κ3) is 5.67. The summed E-state index contributed by atoms with van der Waals surface area (Å²) in [4.78, 5) is 43.3. The molecule has 0 bridgehead atoms. The van der Waals surface area contributed by atoms with E-state index in [4.69, 9.17) is 23.2 Å². The van der Waals surface area contributed by atoms with E-state index in [-0.39, 0.29) is 36.7 Å². The van der Waals surface area contributed by atoms with Gasteiger partial charge in [0.2, 0.25) is 11.8 Å². The third-order valence-electron chi connectivity index (χ3n) is 7.20. The SMILES string of the molecule is CCC(C)NC(=O)C(CC)N(Cc1c(Cl)cccc1Cl)C(=O)CCCN1C(=O)c2cccc3cccc1c23. The molecule has 3 amide bonds. The average molecular weight is 555 g/mol. The average Bonchev–Trinajstić information content (AvgIpc) is 3.18. The summed E-state index contributed by atoms with van der Waals surface area (Å²) in [5.74, 6) is -0.437. The van der Waals surface area contributed by atoms with Gasteiger partial charge in [-0.1, -0.05) is 67.4 Å². The molecule has 1 aliphatic rings. The zero-order chi connectivity index (χ0) is 27.4. The maximum Gasteiger partial charge on any atom is 0.258 e. The van der Waals surface area contributed by atoms with Crippen LogP contribution in [0.2, 0.25) is 10.0 Å². The predicted molar refractivity (Wildman–Crippen MR) is 154 cm³/mol. The zero-order valence-corrected chi connectivity index (χ0v) is 23.5. The van der Waals surface area contributed by atoms with Crippen LogP contribution in [-0.4, -0.2) is 41.2 Å². The Morgan fingerprint density at radius 2 is 1.63 bits per heavy atom. The molecule has 3 aromatic rings. The van der Waals surface area contributed by atoms with Crippen LogP contribution in [0.25, 0.3) is 10.8 Å². The van der Waals surface area contributed by atoms with Gasteiger partial charge in [-0.25, -0.2) is 0 Å². The highest BCUT2D eigenvalue weighted by Gasteiger charge is 2.32. The van der Waals surface area contributed by atoms with Crippen LogP contribution >= 0.6 is 23.2 Å². The van der Waals surface area contributed by atoms with Crippen molar-refractivity contribution in [3.63, 3.8) is 0 Å². The Morgan fingerprint density at radius 1 is 0.974 bits per heavy atom. The molecule has 0 fully saturated rings. The summed E-state index contributed by atoms with van der Waals surface area (Å²) < 4.78 is 0. The van der Waals surface area contributed by atoms with E-state index in [0.29, 0.717) is 40.6 Å². The van der Waals surface area contributed by atoms with Crippen molar-refractivity contribution in [2.24, 2.45) is 0 Å². The Labute approximate surface area is 233 Å². The Hall–Kier alpha value is -3.09. The standard InChI is InChI=1S/C30H33Cl2N3O3/c1-4-19(3)33-29(37)25(5-2)35(18-22-23(31)13-8-14-24(22)32)27(36)16-9-17-34-26-15-7-11-20-10-6-12-21(28(20)26)30(34)38/h6-8,10-15,19,25H,4-5,9,16-18H2,1-3H3,(H,33,37). The number of halogens is 2. The van der Waals surface area contributed by atoms with E-state index in [9.17, 15) is 14.4 Å². The molecule has 1 heterocycles. The van der Waals surface area contributed by atoms with Crippen molar-refractivity contribution in [3.8, 4) is 0 Å². The molecule has 0 saturated heterocycles. The van der Waals surface area contributed by atoms with Crippen molar-refractivity contribution in [1.29, 1.82) is 0 Å². The quantitative estimate of drug-likeness (QED) is 0.290. The largest absolute Gasteiger partial charge is 0.352 e. The lowest BCUT2D eigenvalue weighted by atomic mass is 10.1. The Morgan fingerprint density at radius 3 is 2.29 bits per heavy atom. The molecule has 0 aliphatic carbocycles. The Kier molecular flexibility index (Phi) is 8.95. The minimum Gasteiger partial charge on any atom is -0.352 e. The second-order valence-electron chi connectivity index (χ2n) is 9.70. The molecular formula is C30H33Cl2N3O3. The number of rotatable bonds is 11. The fourth-order valence-corrected chi connectivity index (χ4v) is 5.46. The highest BCUT2D eigenvalue weighted by molar-refractivity contribution is 6.36. The number of carbonyl (C=O) groups excluding carboxylic acids is 3. The maximum absolute atomic E-state index is 13.7. The second-order valence-corrected chi connectivity index (χ2v) is 10.5. The first-order chi connectivity index (χ1) is 18.3. The summed E-state index contributed by atoms with van der Waals surface area (Å²) in [7, 11) is 0. The lowest BCUT2D eigenvalue weighted by Crippen LogP contribution is -2.50. The monoisotopic (exact) mass is 553 g/mol. The second kappa shape index (κ2) is 12.2. The van der Waals surface area contributed by atoms with E-state index < -0.39 is 6.04 Å². The predicted octanol–water partition coefficient (Wildman–Crippen LogP) is 6.61. The molecule has 0 aromatic heterocycles. The Bertz CT molecular complexity index is 1330. The molecule has 8 heteroatoms. The summed E-state index contributed by atoms with van der Waals surface area (Å²) in [5, 5.41) is 5.87. The first kappa shape index (κ1) is 27.9. The van der Waals surface area contributed by atoms with Crippen LogP contribution in [0.15, 0.2) is 54.6 Å². The number of anilines is 1. The van der Waals surface area contributed by atoms with Crippen LogP contribution in [0.1, 0.15) is 62.4 Å². The first-order valence-corrected chi connectivity index (χ1v) is 13.9. The normalized spacial score (nSPS) is 14.0. The van der Waals surface area contributed by atoms with Crippen LogP contribution in [-0.2, 0) is 16.1 Å². The van der Waals surface area contributed by atoms with Gasteiger partial charge in [0, 0.05) is 52.1 Å². The van der Waals surface area contributed by atoms with Crippen molar-refractivity contribution in [3.05, 3.63) is 75.8 Å². The van der Waals surface area contributed by atoms with E-state index >= 15 is 0 Å². The molecular weight excluding hydrogens is 521 g/mol. The zero-order valence-electron chi connectivity index (χ0n) is 22.0. The number of amides is 3. The van der Waals surface area contributed by atoms with Crippen LogP contribution < -0.4 is 10.2 Å². The van der Waals surface area contributed by atoms with Gasteiger partial charge in [0.1, 0.15) is 6.04 Å². The molecule has 0 radical (unpaired) electrons. The van der Waals surface area contributed by atoms with Crippen molar-refractivity contribution in [1.82, 2.24) is 10.2 Å². The van der Waals surface area contributed by atoms with E-state index in [1.807, 2.05) is 57.2 Å². The molecule has 0 saturated carbocycles. The topological polar surface area (TPSA) is 69.7 Å². The van der Waals surface area contributed by atoms with E-state index in [0.717, 1.165) is 22.9 Å². The lowest BCUT2D eigenvalue weighted by molar-refractivity contribution is -0.141. The number of benzene rings is 3. The van der Waals surface area contributed by atoms with Gasteiger partial charge >= 0.3 is 0 Å². The summed E-state index contributed by atoms with van der Waals surface area (Å²) >= 11 is 12.9. The maximum atomic E-state index is 13.7. The fourth-order valence-electron chi connectivity index (χ4n) is 4.95. The smallest absolute Gasteiger partial charge is 0.258 e. The number of nitrogens with one attached hydrogen (secondary N) is 1. The molecule has 38 heavy (non-hydrogen) atoms. The van der Waals surface area contributed by atoms with Gasteiger partial charge in [-0.3, -0.25) is 14.4 Å². The van der Waals surface area contributed by atoms with Gasteiger partial charge < -0.3 is 15.1 Å². The fraction of sp³-hybridized carbons (Fsp3) is 0.367. The first-order valence-electron chi connectivity index (χ1n) is 13.1. The number of carbonyl (C=O) groups is 3. The molecule has 2 atom stereocenters. The van der Waals surface area contributed by atoms with Crippen molar-refractivity contribution in [2.45, 2.75) is 65.1 Å². The molecule has 200 valence electrons. The third-order valence-corrected chi connectivity index (χ3v) is 7.91. The summed E-state index contributed by atoms with van der Waals surface area (Å²) in [5.41, 5.74) is 2.16. The molecule has 2 unspecified atom stereocenters. The van der Waals surface area contributed by atoms with Gasteiger partial charge in [0.05, 0.1) is 5.69 Å². The number of hydrogen-bond acceptors (Lipinski definition) is 3.